The number of aliphatic imine (C=N–C) groups is 1. The van der Waals surface area contributed by atoms with Gasteiger partial charge >= 0.3 is 0 Å². The summed E-state index contributed by atoms with van der Waals surface area (Å²) in [4.78, 5) is 7.29. The lowest BCUT2D eigenvalue weighted by Crippen LogP contribution is -2.32. The number of benzene rings is 3. The van der Waals surface area contributed by atoms with Gasteiger partial charge in [-0.1, -0.05) is 72.8 Å². The van der Waals surface area contributed by atoms with E-state index in [1.54, 1.807) is 0 Å². The Morgan fingerprint density at radius 3 is 2.17 bits per heavy atom. The summed E-state index contributed by atoms with van der Waals surface area (Å²) in [5, 5.41) is 0. The van der Waals surface area contributed by atoms with E-state index >= 15 is 0 Å². The number of anilines is 1. The topological polar surface area (TPSA) is 15.6 Å². The fourth-order valence-corrected chi connectivity index (χ4v) is 3.00. The van der Waals surface area contributed by atoms with Gasteiger partial charge < -0.3 is 4.90 Å². The van der Waals surface area contributed by atoms with Crippen molar-refractivity contribution in [3.05, 3.63) is 96.1 Å². The molecule has 1 heterocycles. The highest BCUT2D eigenvalue weighted by Crippen LogP contribution is 2.33. The van der Waals surface area contributed by atoms with Crippen LogP contribution in [-0.4, -0.2) is 12.3 Å². The molecule has 0 N–H and O–H groups in total. The van der Waals surface area contributed by atoms with Gasteiger partial charge in [0.05, 0.1) is 23.6 Å². The molecule has 0 atom stereocenters. The minimum absolute atomic E-state index is 0.829. The maximum Gasteiger partial charge on any atom is 0.0867 e. The van der Waals surface area contributed by atoms with Gasteiger partial charge in [0.1, 0.15) is 0 Å². The van der Waals surface area contributed by atoms with E-state index in [0.29, 0.717) is 0 Å². The summed E-state index contributed by atoms with van der Waals surface area (Å²) >= 11 is 0. The second-order valence-corrected chi connectivity index (χ2v) is 5.75. The second-order valence-electron chi connectivity index (χ2n) is 5.75. The highest BCUT2D eigenvalue weighted by molar-refractivity contribution is 6.07. The van der Waals surface area contributed by atoms with Gasteiger partial charge in [-0.2, -0.15) is 0 Å². The van der Waals surface area contributed by atoms with Gasteiger partial charge in [-0.3, -0.25) is 0 Å². The zero-order valence-corrected chi connectivity index (χ0v) is 12.9. The van der Waals surface area contributed by atoms with Crippen LogP contribution in [-0.2, 0) is 6.54 Å². The third-order valence-electron chi connectivity index (χ3n) is 4.14. The zero-order chi connectivity index (χ0) is 15.5. The quantitative estimate of drug-likeness (QED) is 0.676. The van der Waals surface area contributed by atoms with Crippen molar-refractivity contribution in [3.8, 4) is 0 Å². The van der Waals surface area contributed by atoms with Crippen LogP contribution in [0.2, 0.25) is 0 Å². The monoisotopic (exact) mass is 298 g/mol. The molecule has 0 saturated carbocycles. The molecular weight excluding hydrogens is 280 g/mol. The van der Waals surface area contributed by atoms with Crippen molar-refractivity contribution in [1.29, 1.82) is 0 Å². The summed E-state index contributed by atoms with van der Waals surface area (Å²) in [5.41, 5.74) is 5.89. The van der Waals surface area contributed by atoms with Crippen LogP contribution < -0.4 is 4.90 Å². The predicted octanol–water partition coefficient (Wildman–Crippen LogP) is 4.83. The Morgan fingerprint density at radius 1 is 0.739 bits per heavy atom. The molecule has 0 fully saturated rings. The highest BCUT2D eigenvalue weighted by Gasteiger charge is 2.20. The molecule has 1 aliphatic heterocycles. The molecule has 112 valence electrons. The second kappa shape index (κ2) is 6.09. The number of hydrogen-bond acceptors (Lipinski definition) is 2. The van der Waals surface area contributed by atoms with Crippen molar-refractivity contribution in [3.63, 3.8) is 0 Å². The van der Waals surface area contributed by atoms with Crippen LogP contribution in [0.1, 0.15) is 11.1 Å². The van der Waals surface area contributed by atoms with E-state index in [1.807, 2.05) is 6.07 Å². The number of fused-ring (bicyclic) bond motifs is 1. The summed E-state index contributed by atoms with van der Waals surface area (Å²) in [6.07, 6.45) is 0. The largest absolute Gasteiger partial charge is 0.360 e. The average molecular weight is 298 g/mol. The number of rotatable bonds is 3. The molecule has 0 unspecified atom stereocenters. The van der Waals surface area contributed by atoms with Crippen LogP contribution in [0, 0.1) is 0 Å². The van der Waals surface area contributed by atoms with Gasteiger partial charge in [-0.25, -0.2) is 4.99 Å². The minimum atomic E-state index is 0.829. The molecule has 0 aromatic heterocycles. The lowest BCUT2D eigenvalue weighted by molar-refractivity contribution is 0.874. The third kappa shape index (κ3) is 2.88. The van der Waals surface area contributed by atoms with E-state index in [2.05, 4.69) is 83.8 Å². The van der Waals surface area contributed by atoms with E-state index in [0.717, 1.165) is 24.5 Å². The first-order chi connectivity index (χ1) is 11.4. The van der Waals surface area contributed by atoms with Gasteiger partial charge in [0.2, 0.25) is 0 Å². The normalized spacial score (nSPS) is 13.4. The highest BCUT2D eigenvalue weighted by atomic mass is 15.2. The lowest BCUT2D eigenvalue weighted by atomic mass is 10.1. The Kier molecular flexibility index (Phi) is 3.65. The Balaban J connectivity index is 1.72. The predicted molar refractivity (Wildman–Crippen MR) is 96.6 cm³/mol. The molecule has 0 spiro atoms. The molecule has 23 heavy (non-hydrogen) atoms. The molecular formula is C21H18N2. The minimum Gasteiger partial charge on any atom is -0.360 e. The molecule has 3 aromatic carbocycles. The molecule has 0 radical (unpaired) electrons. The SMILES string of the molecule is c1ccc(CN2CC(c3ccccc3)=Nc3ccccc32)cc1. The van der Waals surface area contributed by atoms with Crippen molar-refractivity contribution >= 4 is 17.1 Å². The van der Waals surface area contributed by atoms with Crippen molar-refractivity contribution in [1.82, 2.24) is 0 Å². The van der Waals surface area contributed by atoms with Gasteiger partial charge in [0.15, 0.2) is 0 Å². The van der Waals surface area contributed by atoms with Crippen molar-refractivity contribution in [2.24, 2.45) is 4.99 Å². The van der Waals surface area contributed by atoms with E-state index in [9.17, 15) is 0 Å². The third-order valence-corrected chi connectivity index (χ3v) is 4.14. The number of para-hydroxylation sites is 2. The summed E-state index contributed by atoms with van der Waals surface area (Å²) in [6, 6.07) is 29.4. The Hall–Kier alpha value is -2.87. The van der Waals surface area contributed by atoms with Gasteiger partial charge in [0, 0.05) is 6.54 Å². The first-order valence-corrected chi connectivity index (χ1v) is 7.91. The van der Waals surface area contributed by atoms with Crippen LogP contribution in [0.25, 0.3) is 0 Å². The summed E-state index contributed by atoms with van der Waals surface area (Å²) in [5.74, 6) is 0. The molecule has 2 heteroatoms. The molecule has 0 saturated heterocycles. The van der Waals surface area contributed by atoms with Crippen LogP contribution in [0.5, 0.6) is 0 Å². The average Bonchev–Trinajstić information content (AvgIpc) is 2.63. The van der Waals surface area contributed by atoms with Crippen LogP contribution in [0.4, 0.5) is 11.4 Å². The summed E-state index contributed by atoms with van der Waals surface area (Å²) in [7, 11) is 0. The maximum atomic E-state index is 4.88. The van der Waals surface area contributed by atoms with E-state index in [-0.39, 0.29) is 0 Å². The fourth-order valence-electron chi connectivity index (χ4n) is 3.00. The molecule has 3 aromatic rings. The lowest BCUT2D eigenvalue weighted by Gasteiger charge is -2.30. The van der Waals surface area contributed by atoms with Crippen LogP contribution in [0.15, 0.2) is 89.9 Å². The van der Waals surface area contributed by atoms with E-state index in [1.165, 1.54) is 16.8 Å². The number of nitrogens with zero attached hydrogens (tertiary/aromatic N) is 2. The molecule has 4 rings (SSSR count). The van der Waals surface area contributed by atoms with Gasteiger partial charge in [0.25, 0.3) is 0 Å². The molecule has 0 aliphatic carbocycles. The number of hydrogen-bond donors (Lipinski definition) is 0. The maximum absolute atomic E-state index is 4.88. The standard InChI is InChI=1S/C21H18N2/c1-3-9-17(10-4-1)15-23-16-20(18-11-5-2-6-12-18)22-19-13-7-8-14-21(19)23/h1-14H,15-16H2. The Morgan fingerprint density at radius 2 is 1.39 bits per heavy atom. The summed E-state index contributed by atoms with van der Waals surface area (Å²) in [6.45, 7) is 1.72. The van der Waals surface area contributed by atoms with Gasteiger partial charge in [-0.05, 0) is 23.3 Å². The summed E-state index contributed by atoms with van der Waals surface area (Å²) < 4.78 is 0. The first-order valence-electron chi connectivity index (χ1n) is 7.91. The van der Waals surface area contributed by atoms with Crippen molar-refractivity contribution < 1.29 is 0 Å². The Bertz CT molecular complexity index is 823. The van der Waals surface area contributed by atoms with E-state index < -0.39 is 0 Å². The fraction of sp³-hybridized carbons (Fsp3) is 0.0952. The van der Waals surface area contributed by atoms with E-state index in [4.69, 9.17) is 4.99 Å². The zero-order valence-electron chi connectivity index (χ0n) is 12.9. The van der Waals surface area contributed by atoms with Crippen molar-refractivity contribution in [2.75, 3.05) is 11.4 Å². The van der Waals surface area contributed by atoms with Crippen LogP contribution in [0.3, 0.4) is 0 Å². The Labute approximate surface area is 136 Å². The first kappa shape index (κ1) is 13.8. The van der Waals surface area contributed by atoms with Crippen LogP contribution >= 0.6 is 0 Å². The van der Waals surface area contributed by atoms with Crippen molar-refractivity contribution in [2.45, 2.75) is 6.54 Å². The molecule has 0 amide bonds. The molecule has 1 aliphatic rings. The molecule has 0 bridgehead atoms. The van der Waals surface area contributed by atoms with Gasteiger partial charge in [-0.15, -0.1) is 0 Å². The smallest absolute Gasteiger partial charge is 0.0867 e. The molecule has 2 nitrogen and oxygen atoms in total.